The van der Waals surface area contributed by atoms with Crippen LogP contribution in [0.25, 0.3) is 11.4 Å². The first kappa shape index (κ1) is 12.1. The second-order valence-electron chi connectivity index (χ2n) is 3.60. The fraction of sp³-hybridized carbons (Fsp3) is 0.167. The van der Waals surface area contributed by atoms with Crippen molar-refractivity contribution >= 4 is 28.4 Å². The van der Waals surface area contributed by atoms with Crippen LogP contribution in [0.1, 0.15) is 12.6 Å². The summed E-state index contributed by atoms with van der Waals surface area (Å²) in [5.74, 6) is 1.23. The Balaban J connectivity index is 2.56. The molecule has 0 aliphatic rings. The SMILES string of the molecule is CCc1nc(-c2cccc(O)c2)nc(N)c1I. The van der Waals surface area contributed by atoms with Crippen LogP contribution in [0.15, 0.2) is 24.3 Å². The zero-order valence-corrected chi connectivity index (χ0v) is 11.5. The molecule has 4 nitrogen and oxygen atoms in total. The minimum atomic E-state index is 0.196. The lowest BCUT2D eigenvalue weighted by Gasteiger charge is -2.07. The number of rotatable bonds is 2. The Morgan fingerprint density at radius 1 is 1.35 bits per heavy atom. The maximum atomic E-state index is 9.44. The van der Waals surface area contributed by atoms with E-state index in [0.717, 1.165) is 21.2 Å². The third-order valence-corrected chi connectivity index (χ3v) is 3.56. The molecule has 2 aromatic rings. The molecule has 0 saturated heterocycles. The molecule has 0 bridgehead atoms. The number of nitrogens with zero attached hydrogens (tertiary/aromatic N) is 2. The lowest BCUT2D eigenvalue weighted by Crippen LogP contribution is -2.04. The van der Waals surface area contributed by atoms with Crippen LogP contribution < -0.4 is 5.73 Å². The van der Waals surface area contributed by atoms with Gasteiger partial charge in [0, 0.05) is 5.56 Å². The van der Waals surface area contributed by atoms with Gasteiger partial charge in [0.25, 0.3) is 0 Å². The van der Waals surface area contributed by atoms with Gasteiger partial charge in [0.1, 0.15) is 11.6 Å². The van der Waals surface area contributed by atoms with E-state index in [2.05, 4.69) is 32.6 Å². The molecule has 17 heavy (non-hydrogen) atoms. The number of hydrogen-bond donors (Lipinski definition) is 2. The summed E-state index contributed by atoms with van der Waals surface area (Å²) < 4.78 is 0.897. The minimum absolute atomic E-state index is 0.196. The highest BCUT2D eigenvalue weighted by molar-refractivity contribution is 14.1. The summed E-state index contributed by atoms with van der Waals surface area (Å²) in [6, 6.07) is 6.84. The molecule has 0 spiro atoms. The standard InChI is InChI=1S/C12H12IN3O/c1-2-9-10(13)11(14)16-12(15-9)7-4-3-5-8(17)6-7/h3-6,17H,2H2,1H3,(H2,14,15,16). The predicted octanol–water partition coefficient (Wildman–Crippen LogP) is 2.60. The molecular formula is C12H12IN3O. The molecule has 0 radical (unpaired) electrons. The van der Waals surface area contributed by atoms with Gasteiger partial charge in [-0.05, 0) is 41.1 Å². The average Bonchev–Trinajstić information content (AvgIpc) is 2.32. The van der Waals surface area contributed by atoms with E-state index in [4.69, 9.17) is 5.73 Å². The average molecular weight is 341 g/mol. The van der Waals surface area contributed by atoms with Gasteiger partial charge in [0.05, 0.1) is 9.26 Å². The number of benzene rings is 1. The van der Waals surface area contributed by atoms with Gasteiger partial charge in [-0.3, -0.25) is 0 Å². The highest BCUT2D eigenvalue weighted by Crippen LogP contribution is 2.24. The van der Waals surface area contributed by atoms with Crippen LogP contribution in [-0.2, 0) is 6.42 Å². The third kappa shape index (κ3) is 2.49. The van der Waals surface area contributed by atoms with Gasteiger partial charge in [-0.15, -0.1) is 0 Å². The molecule has 3 N–H and O–H groups in total. The van der Waals surface area contributed by atoms with Crippen molar-refractivity contribution in [1.29, 1.82) is 0 Å². The number of aryl methyl sites for hydroxylation is 1. The lowest BCUT2D eigenvalue weighted by atomic mass is 10.2. The minimum Gasteiger partial charge on any atom is -0.508 e. The molecule has 1 aromatic heterocycles. The van der Waals surface area contributed by atoms with Crippen molar-refractivity contribution in [2.75, 3.05) is 5.73 Å². The van der Waals surface area contributed by atoms with Crippen molar-refractivity contribution in [1.82, 2.24) is 9.97 Å². The molecule has 5 heteroatoms. The molecule has 0 fully saturated rings. The summed E-state index contributed by atoms with van der Waals surface area (Å²) in [5, 5.41) is 9.44. The van der Waals surface area contributed by atoms with E-state index in [-0.39, 0.29) is 5.75 Å². The van der Waals surface area contributed by atoms with Crippen molar-refractivity contribution in [2.45, 2.75) is 13.3 Å². The first-order valence-electron chi connectivity index (χ1n) is 5.23. The van der Waals surface area contributed by atoms with Gasteiger partial charge in [0.15, 0.2) is 5.82 Å². The number of nitrogen functional groups attached to an aromatic ring is 1. The Morgan fingerprint density at radius 3 is 2.76 bits per heavy atom. The number of anilines is 1. The maximum absolute atomic E-state index is 9.44. The molecule has 0 atom stereocenters. The Kier molecular flexibility index (Phi) is 3.46. The van der Waals surface area contributed by atoms with Crippen molar-refractivity contribution in [3.8, 4) is 17.1 Å². The summed E-state index contributed by atoms with van der Waals surface area (Å²) in [4.78, 5) is 8.69. The zero-order chi connectivity index (χ0) is 12.4. The molecule has 0 saturated carbocycles. The number of phenolic OH excluding ortho intramolecular Hbond substituents is 1. The Morgan fingerprint density at radius 2 is 2.12 bits per heavy atom. The fourth-order valence-electron chi connectivity index (χ4n) is 1.52. The van der Waals surface area contributed by atoms with Gasteiger partial charge in [-0.25, -0.2) is 9.97 Å². The van der Waals surface area contributed by atoms with Gasteiger partial charge in [-0.1, -0.05) is 19.1 Å². The molecule has 1 heterocycles. The smallest absolute Gasteiger partial charge is 0.161 e. The summed E-state index contributed by atoms with van der Waals surface area (Å²) in [5.41, 5.74) is 7.55. The van der Waals surface area contributed by atoms with Gasteiger partial charge < -0.3 is 10.8 Å². The number of aromatic nitrogens is 2. The molecule has 0 unspecified atom stereocenters. The van der Waals surface area contributed by atoms with E-state index < -0.39 is 0 Å². The van der Waals surface area contributed by atoms with Crippen LogP contribution in [-0.4, -0.2) is 15.1 Å². The summed E-state index contributed by atoms with van der Waals surface area (Å²) >= 11 is 2.15. The third-order valence-electron chi connectivity index (χ3n) is 2.38. The number of halogens is 1. The molecule has 0 amide bonds. The van der Waals surface area contributed by atoms with Gasteiger partial charge in [-0.2, -0.15) is 0 Å². The van der Waals surface area contributed by atoms with E-state index in [1.165, 1.54) is 0 Å². The van der Waals surface area contributed by atoms with E-state index >= 15 is 0 Å². The maximum Gasteiger partial charge on any atom is 0.161 e. The molecule has 0 aliphatic heterocycles. The number of nitrogens with two attached hydrogens (primary N) is 1. The summed E-state index contributed by atoms with van der Waals surface area (Å²) in [7, 11) is 0. The quantitative estimate of drug-likeness (QED) is 0.824. The molecule has 1 aromatic carbocycles. The molecule has 0 aliphatic carbocycles. The van der Waals surface area contributed by atoms with Crippen LogP contribution in [0.4, 0.5) is 5.82 Å². The first-order chi connectivity index (χ1) is 8.11. The zero-order valence-electron chi connectivity index (χ0n) is 9.31. The Labute approximate surface area is 113 Å². The first-order valence-corrected chi connectivity index (χ1v) is 6.31. The summed E-state index contributed by atoms with van der Waals surface area (Å²) in [6.45, 7) is 2.02. The molecular weight excluding hydrogens is 329 g/mol. The van der Waals surface area contributed by atoms with E-state index in [9.17, 15) is 5.11 Å². The van der Waals surface area contributed by atoms with Crippen molar-refractivity contribution in [3.05, 3.63) is 33.5 Å². The topological polar surface area (TPSA) is 72.0 Å². The van der Waals surface area contributed by atoms with Crippen molar-refractivity contribution in [2.24, 2.45) is 0 Å². The van der Waals surface area contributed by atoms with E-state index in [0.29, 0.717) is 11.6 Å². The van der Waals surface area contributed by atoms with Crippen molar-refractivity contribution < 1.29 is 5.11 Å². The monoisotopic (exact) mass is 341 g/mol. The Bertz CT molecular complexity index is 557. The Hall–Kier alpha value is -1.37. The van der Waals surface area contributed by atoms with Gasteiger partial charge in [0.2, 0.25) is 0 Å². The van der Waals surface area contributed by atoms with Crippen LogP contribution >= 0.6 is 22.6 Å². The number of aromatic hydroxyl groups is 1. The largest absolute Gasteiger partial charge is 0.508 e. The van der Waals surface area contributed by atoms with E-state index in [1.807, 2.05) is 13.0 Å². The van der Waals surface area contributed by atoms with Crippen LogP contribution in [0, 0.1) is 3.57 Å². The van der Waals surface area contributed by atoms with Crippen LogP contribution in [0.5, 0.6) is 5.75 Å². The second-order valence-corrected chi connectivity index (χ2v) is 4.68. The van der Waals surface area contributed by atoms with E-state index in [1.54, 1.807) is 18.2 Å². The number of hydrogen-bond acceptors (Lipinski definition) is 4. The van der Waals surface area contributed by atoms with Gasteiger partial charge >= 0.3 is 0 Å². The van der Waals surface area contributed by atoms with Crippen molar-refractivity contribution in [3.63, 3.8) is 0 Å². The highest BCUT2D eigenvalue weighted by Gasteiger charge is 2.10. The number of phenols is 1. The molecule has 88 valence electrons. The molecule has 2 rings (SSSR count). The highest BCUT2D eigenvalue weighted by atomic mass is 127. The normalized spacial score (nSPS) is 10.5. The predicted molar refractivity (Wildman–Crippen MR) is 75.6 cm³/mol. The van der Waals surface area contributed by atoms with Crippen LogP contribution in [0.2, 0.25) is 0 Å². The summed E-state index contributed by atoms with van der Waals surface area (Å²) in [6.07, 6.45) is 0.802. The van der Waals surface area contributed by atoms with Crippen LogP contribution in [0.3, 0.4) is 0 Å². The lowest BCUT2D eigenvalue weighted by molar-refractivity contribution is 0.475. The second kappa shape index (κ2) is 4.87. The fourth-order valence-corrected chi connectivity index (χ4v) is 2.14.